The van der Waals surface area contributed by atoms with Crippen molar-refractivity contribution in [2.75, 3.05) is 20.6 Å². The second kappa shape index (κ2) is 8.84. The van der Waals surface area contributed by atoms with Crippen LogP contribution >= 0.6 is 0 Å². The number of nitrogens with zero attached hydrogens (tertiary/aromatic N) is 2. The number of aliphatic hydroxyl groups is 1. The van der Waals surface area contributed by atoms with Crippen LogP contribution in [0.5, 0.6) is 0 Å². The molecule has 23 heavy (non-hydrogen) atoms. The zero-order chi connectivity index (χ0) is 17.6. The van der Waals surface area contributed by atoms with Crippen LogP contribution in [0.25, 0.3) is 0 Å². The molecule has 2 amide bonds. The van der Waals surface area contributed by atoms with Gasteiger partial charge in [0.25, 0.3) is 0 Å². The Morgan fingerprint density at radius 3 is 2.43 bits per heavy atom. The van der Waals surface area contributed by atoms with Crippen molar-refractivity contribution in [2.24, 2.45) is 0 Å². The lowest BCUT2D eigenvalue weighted by Gasteiger charge is -2.28. The number of amides is 2. The molecule has 0 fully saturated rings. The smallest absolute Gasteiger partial charge is 0.317 e. The fourth-order valence-corrected chi connectivity index (χ4v) is 2.26. The minimum atomic E-state index is -0.592. The second-order valence-corrected chi connectivity index (χ2v) is 6.42. The van der Waals surface area contributed by atoms with Crippen molar-refractivity contribution in [2.45, 2.75) is 46.0 Å². The first kappa shape index (κ1) is 19.4. The van der Waals surface area contributed by atoms with E-state index in [1.165, 1.54) is 6.07 Å². The Morgan fingerprint density at radius 1 is 1.30 bits per heavy atom. The van der Waals surface area contributed by atoms with Gasteiger partial charge in [-0.05, 0) is 46.5 Å². The van der Waals surface area contributed by atoms with Crippen molar-refractivity contribution in [3.05, 3.63) is 35.1 Å². The molecule has 0 saturated heterocycles. The topological polar surface area (TPSA) is 55.8 Å². The zero-order valence-corrected chi connectivity index (χ0v) is 14.6. The SMILES string of the molecule is CC(O)CN(C(=O)NCc1ccc(CN(C)C)c(F)c1)C(C)C. The van der Waals surface area contributed by atoms with Gasteiger partial charge in [-0.25, -0.2) is 9.18 Å². The first-order valence-corrected chi connectivity index (χ1v) is 7.85. The summed E-state index contributed by atoms with van der Waals surface area (Å²) in [4.78, 5) is 15.7. The minimum absolute atomic E-state index is 0.0243. The summed E-state index contributed by atoms with van der Waals surface area (Å²) in [6, 6.07) is 4.72. The van der Waals surface area contributed by atoms with Crippen molar-refractivity contribution in [3.8, 4) is 0 Å². The van der Waals surface area contributed by atoms with Crippen molar-refractivity contribution >= 4 is 6.03 Å². The van der Waals surface area contributed by atoms with Gasteiger partial charge in [0.1, 0.15) is 5.82 Å². The number of benzene rings is 1. The molecular weight excluding hydrogens is 297 g/mol. The highest BCUT2D eigenvalue weighted by Crippen LogP contribution is 2.12. The molecule has 0 saturated carbocycles. The molecule has 6 heteroatoms. The Labute approximate surface area is 138 Å². The van der Waals surface area contributed by atoms with Crippen LogP contribution in [0.2, 0.25) is 0 Å². The molecule has 1 aromatic carbocycles. The van der Waals surface area contributed by atoms with Crippen LogP contribution in [0.3, 0.4) is 0 Å². The third kappa shape index (κ3) is 6.54. The van der Waals surface area contributed by atoms with E-state index in [1.807, 2.05) is 38.9 Å². The third-order valence-corrected chi connectivity index (χ3v) is 3.39. The molecule has 1 unspecified atom stereocenters. The van der Waals surface area contributed by atoms with Crippen molar-refractivity contribution in [1.82, 2.24) is 15.1 Å². The molecule has 5 nitrogen and oxygen atoms in total. The molecule has 0 aliphatic rings. The van der Waals surface area contributed by atoms with Gasteiger partial charge < -0.3 is 20.2 Å². The van der Waals surface area contributed by atoms with Crippen LogP contribution in [0.4, 0.5) is 9.18 Å². The third-order valence-electron chi connectivity index (χ3n) is 3.39. The maximum absolute atomic E-state index is 14.0. The molecule has 1 aromatic rings. The molecule has 0 aliphatic heterocycles. The van der Waals surface area contributed by atoms with E-state index in [1.54, 1.807) is 17.9 Å². The Kier molecular flexibility index (Phi) is 7.45. The van der Waals surface area contributed by atoms with Gasteiger partial charge in [0, 0.05) is 31.2 Å². The lowest BCUT2D eigenvalue weighted by Crippen LogP contribution is -2.46. The van der Waals surface area contributed by atoms with Crippen molar-refractivity contribution in [1.29, 1.82) is 0 Å². The van der Waals surface area contributed by atoms with E-state index in [-0.39, 0.29) is 31.0 Å². The summed E-state index contributed by atoms with van der Waals surface area (Å²) in [5.74, 6) is -0.268. The first-order chi connectivity index (χ1) is 10.7. The molecule has 0 aromatic heterocycles. The molecular formula is C17H28FN3O2. The molecule has 1 atom stereocenters. The average Bonchev–Trinajstić information content (AvgIpc) is 2.44. The molecule has 0 radical (unpaired) electrons. The van der Waals surface area contributed by atoms with E-state index in [0.29, 0.717) is 17.7 Å². The lowest BCUT2D eigenvalue weighted by molar-refractivity contribution is 0.118. The Hall–Kier alpha value is -1.66. The van der Waals surface area contributed by atoms with E-state index < -0.39 is 6.10 Å². The van der Waals surface area contributed by atoms with Gasteiger partial charge in [0.15, 0.2) is 0 Å². The average molecular weight is 325 g/mol. The van der Waals surface area contributed by atoms with Crippen molar-refractivity contribution in [3.63, 3.8) is 0 Å². The van der Waals surface area contributed by atoms with Gasteiger partial charge in [0.05, 0.1) is 6.10 Å². The number of rotatable bonds is 7. The monoisotopic (exact) mass is 325 g/mol. The highest BCUT2D eigenvalue weighted by atomic mass is 19.1. The van der Waals surface area contributed by atoms with Crippen LogP contribution < -0.4 is 5.32 Å². The number of urea groups is 1. The normalized spacial score (nSPS) is 12.6. The summed E-state index contributed by atoms with van der Waals surface area (Å²) in [5, 5.41) is 12.2. The van der Waals surface area contributed by atoms with E-state index in [0.717, 1.165) is 0 Å². The van der Waals surface area contributed by atoms with Crippen LogP contribution in [0.1, 0.15) is 31.9 Å². The van der Waals surface area contributed by atoms with Gasteiger partial charge in [-0.3, -0.25) is 0 Å². The van der Waals surface area contributed by atoms with E-state index in [9.17, 15) is 14.3 Å². The summed E-state index contributed by atoms with van der Waals surface area (Å²) in [6.07, 6.45) is -0.592. The predicted molar refractivity (Wildman–Crippen MR) is 89.5 cm³/mol. The fraction of sp³-hybridized carbons (Fsp3) is 0.588. The second-order valence-electron chi connectivity index (χ2n) is 6.42. The highest BCUT2D eigenvalue weighted by Gasteiger charge is 2.18. The predicted octanol–water partition coefficient (Wildman–Crippen LogP) is 2.19. The number of hydrogen-bond donors (Lipinski definition) is 2. The summed E-state index contributed by atoms with van der Waals surface area (Å²) in [6.45, 7) is 6.46. The Bertz CT molecular complexity index is 519. The lowest BCUT2D eigenvalue weighted by atomic mass is 10.1. The maximum atomic E-state index is 14.0. The van der Waals surface area contributed by atoms with E-state index in [2.05, 4.69) is 5.32 Å². The van der Waals surface area contributed by atoms with Crippen molar-refractivity contribution < 1.29 is 14.3 Å². The number of halogens is 1. The number of hydrogen-bond acceptors (Lipinski definition) is 3. The van der Waals surface area contributed by atoms with Gasteiger partial charge >= 0.3 is 6.03 Å². The molecule has 0 bridgehead atoms. The molecule has 0 spiro atoms. The molecule has 1 rings (SSSR count). The minimum Gasteiger partial charge on any atom is -0.392 e. The van der Waals surface area contributed by atoms with Crippen LogP contribution in [-0.2, 0) is 13.1 Å². The summed E-state index contributed by atoms with van der Waals surface area (Å²) in [5.41, 5.74) is 1.34. The highest BCUT2D eigenvalue weighted by molar-refractivity contribution is 5.74. The summed E-state index contributed by atoms with van der Waals surface area (Å²) in [7, 11) is 3.77. The van der Waals surface area contributed by atoms with Gasteiger partial charge in [-0.2, -0.15) is 0 Å². The summed E-state index contributed by atoms with van der Waals surface area (Å²) < 4.78 is 14.0. The molecule has 2 N–H and O–H groups in total. The largest absolute Gasteiger partial charge is 0.392 e. The fourth-order valence-electron chi connectivity index (χ4n) is 2.26. The van der Waals surface area contributed by atoms with E-state index >= 15 is 0 Å². The van der Waals surface area contributed by atoms with Crippen LogP contribution in [0, 0.1) is 5.82 Å². The number of nitrogens with one attached hydrogen (secondary N) is 1. The van der Waals surface area contributed by atoms with Crippen LogP contribution in [0.15, 0.2) is 18.2 Å². The number of carbonyl (C=O) groups excluding carboxylic acids is 1. The summed E-state index contributed by atoms with van der Waals surface area (Å²) >= 11 is 0. The maximum Gasteiger partial charge on any atom is 0.317 e. The van der Waals surface area contributed by atoms with Gasteiger partial charge in [-0.1, -0.05) is 12.1 Å². The van der Waals surface area contributed by atoms with E-state index in [4.69, 9.17) is 0 Å². The number of aliphatic hydroxyl groups excluding tert-OH is 1. The zero-order valence-electron chi connectivity index (χ0n) is 14.6. The first-order valence-electron chi connectivity index (χ1n) is 7.85. The quantitative estimate of drug-likeness (QED) is 0.808. The Balaban J connectivity index is 2.66. The molecule has 0 heterocycles. The van der Waals surface area contributed by atoms with Gasteiger partial charge in [-0.15, -0.1) is 0 Å². The molecule has 130 valence electrons. The van der Waals surface area contributed by atoms with Crippen LogP contribution in [-0.4, -0.2) is 53.7 Å². The Morgan fingerprint density at radius 2 is 1.96 bits per heavy atom. The standard InChI is InChI=1S/C17H28FN3O2/c1-12(2)21(10-13(3)22)17(23)19-9-14-6-7-15(11-20(4)5)16(18)8-14/h6-8,12-13,22H,9-11H2,1-5H3,(H,19,23). The number of carbonyl (C=O) groups is 1. The van der Waals surface area contributed by atoms with Gasteiger partial charge in [0.2, 0.25) is 0 Å². The molecule has 0 aliphatic carbocycles.